The number of likely N-dealkylation sites (N-methyl/N-ethyl adjacent to an activating group) is 2. The third-order valence-electron chi connectivity index (χ3n) is 7.33. The summed E-state index contributed by atoms with van der Waals surface area (Å²) in [6, 6.07) is 0. The second-order valence-electron chi connectivity index (χ2n) is 12.6. The molecule has 0 aliphatic carbocycles. The Hall–Kier alpha value is -0.190. The molecule has 0 aromatic carbocycles. The van der Waals surface area contributed by atoms with Crippen molar-refractivity contribution in [2.24, 2.45) is 10.8 Å². The topological polar surface area (TPSA) is 18.5 Å². The molecule has 1 fully saturated rings. The molecule has 1 N–H and O–H groups in total. The van der Waals surface area contributed by atoms with E-state index in [2.05, 4.69) is 84.4 Å². The molecule has 0 bridgehead atoms. The number of rotatable bonds is 10. The maximum Gasteiger partial charge on any atom is 0.118 e. The van der Waals surface area contributed by atoms with Crippen LogP contribution in [0.15, 0.2) is 0 Å². The van der Waals surface area contributed by atoms with Crippen molar-refractivity contribution in [2.75, 3.05) is 39.8 Å². The fourth-order valence-corrected chi connectivity index (χ4v) is 6.04. The molecule has 29 heavy (non-hydrogen) atoms. The van der Waals surface area contributed by atoms with Crippen LogP contribution in [0.3, 0.4) is 0 Å². The molecule has 0 atom stereocenters. The van der Waals surface area contributed by atoms with Gasteiger partial charge in [0.2, 0.25) is 0 Å². The highest BCUT2D eigenvalue weighted by atomic mass is 19.1. The first-order valence-corrected chi connectivity index (χ1v) is 11.8. The van der Waals surface area contributed by atoms with E-state index in [9.17, 15) is 0 Å². The van der Waals surface area contributed by atoms with Crippen molar-refractivity contribution in [2.45, 2.75) is 112 Å². The number of alkyl halides is 1. The predicted molar refractivity (Wildman–Crippen MR) is 126 cm³/mol. The van der Waals surface area contributed by atoms with Crippen molar-refractivity contribution in [1.82, 2.24) is 15.1 Å². The molecule has 0 radical (unpaired) electrons. The summed E-state index contributed by atoms with van der Waals surface area (Å²) in [5, 5.41) is 3.25. The summed E-state index contributed by atoms with van der Waals surface area (Å²) in [6.45, 7) is 27.4. The molecule has 0 spiro atoms. The van der Waals surface area contributed by atoms with Crippen molar-refractivity contribution < 1.29 is 4.39 Å². The molecule has 1 rings (SSSR count). The Morgan fingerprint density at radius 2 is 1.45 bits per heavy atom. The summed E-state index contributed by atoms with van der Waals surface area (Å²) < 4.78 is 16.3. The van der Waals surface area contributed by atoms with E-state index < -0.39 is 5.67 Å². The van der Waals surface area contributed by atoms with E-state index in [1.54, 1.807) is 0 Å². The monoisotopic (exact) mass is 413 g/mol. The fourth-order valence-electron chi connectivity index (χ4n) is 6.04. The summed E-state index contributed by atoms with van der Waals surface area (Å²) in [5.41, 5.74) is -1.05. The van der Waals surface area contributed by atoms with Gasteiger partial charge in [0.25, 0.3) is 0 Å². The molecule has 1 saturated heterocycles. The number of hydrogen-bond acceptors (Lipinski definition) is 3. The highest BCUT2D eigenvalue weighted by Gasteiger charge is 2.51. The van der Waals surface area contributed by atoms with Crippen molar-refractivity contribution in [3.05, 3.63) is 0 Å². The minimum atomic E-state index is -1.10. The Balaban J connectivity index is 2.85. The van der Waals surface area contributed by atoms with Gasteiger partial charge in [-0.3, -0.25) is 9.80 Å². The number of nitrogens with zero attached hydrogens (tertiary/aromatic N) is 2. The third kappa shape index (κ3) is 7.18. The van der Waals surface area contributed by atoms with Gasteiger partial charge in [-0.1, -0.05) is 41.5 Å². The van der Waals surface area contributed by atoms with E-state index in [1.807, 2.05) is 7.05 Å². The molecule has 1 heterocycles. The standard InChI is InChI=1S/C25H52FN3/c1-12-28(18-15-27-11)24(9,10)20-22(5,6)25(26)13-16-29(17-14-25)23(7,8)19-21(2,3)4/h27H,12-20H2,1-11H3. The molecule has 1 aliphatic rings. The van der Waals surface area contributed by atoms with Gasteiger partial charge in [0.05, 0.1) is 0 Å². The lowest BCUT2D eigenvalue weighted by atomic mass is 9.65. The predicted octanol–water partition coefficient (Wildman–Crippen LogP) is 5.74. The first-order valence-electron chi connectivity index (χ1n) is 11.8. The molecule has 0 aromatic heterocycles. The average Bonchev–Trinajstić information content (AvgIpc) is 2.52. The van der Waals surface area contributed by atoms with Gasteiger partial charge < -0.3 is 5.32 Å². The van der Waals surface area contributed by atoms with Crippen LogP contribution in [-0.2, 0) is 0 Å². The van der Waals surface area contributed by atoms with Gasteiger partial charge in [0, 0.05) is 42.7 Å². The number of likely N-dealkylation sites (tertiary alicyclic amines) is 1. The quantitative estimate of drug-likeness (QED) is 0.492. The van der Waals surface area contributed by atoms with Crippen molar-refractivity contribution in [3.63, 3.8) is 0 Å². The van der Waals surface area contributed by atoms with Crippen LogP contribution in [0.1, 0.15) is 94.9 Å². The zero-order valence-corrected chi connectivity index (χ0v) is 21.6. The fraction of sp³-hybridized carbons (Fsp3) is 1.00. The second-order valence-corrected chi connectivity index (χ2v) is 12.6. The molecule has 0 aromatic rings. The first kappa shape index (κ1) is 26.8. The SMILES string of the molecule is CCN(CCNC)C(C)(C)CC(C)(C)C1(F)CCN(C(C)(C)CC(C)(C)C)CC1. The van der Waals surface area contributed by atoms with Crippen LogP contribution in [0.2, 0.25) is 0 Å². The molecule has 0 amide bonds. The summed E-state index contributed by atoms with van der Waals surface area (Å²) >= 11 is 0. The van der Waals surface area contributed by atoms with Gasteiger partial charge in [-0.15, -0.1) is 0 Å². The summed E-state index contributed by atoms with van der Waals surface area (Å²) in [4.78, 5) is 5.03. The largest absolute Gasteiger partial charge is 0.318 e. The lowest BCUT2D eigenvalue weighted by molar-refractivity contribution is -0.0843. The van der Waals surface area contributed by atoms with Crippen molar-refractivity contribution in [1.29, 1.82) is 0 Å². The lowest BCUT2D eigenvalue weighted by Crippen LogP contribution is -2.58. The van der Waals surface area contributed by atoms with Gasteiger partial charge in [-0.05, 0) is 72.4 Å². The van der Waals surface area contributed by atoms with Gasteiger partial charge >= 0.3 is 0 Å². The first-order chi connectivity index (χ1) is 13.0. The van der Waals surface area contributed by atoms with Crippen LogP contribution in [0.4, 0.5) is 4.39 Å². The molecular weight excluding hydrogens is 361 g/mol. The van der Waals surface area contributed by atoms with Crippen LogP contribution in [0.25, 0.3) is 0 Å². The minimum Gasteiger partial charge on any atom is -0.318 e. The maximum absolute atomic E-state index is 16.3. The van der Waals surface area contributed by atoms with Gasteiger partial charge in [-0.2, -0.15) is 0 Å². The zero-order chi connectivity index (χ0) is 22.7. The van der Waals surface area contributed by atoms with Gasteiger partial charge in [-0.25, -0.2) is 4.39 Å². The summed E-state index contributed by atoms with van der Waals surface area (Å²) in [5.74, 6) is 0. The summed E-state index contributed by atoms with van der Waals surface area (Å²) in [6.07, 6.45) is 3.30. The van der Waals surface area contributed by atoms with Gasteiger partial charge in [0.1, 0.15) is 5.67 Å². The van der Waals surface area contributed by atoms with Crippen molar-refractivity contribution in [3.8, 4) is 0 Å². The molecular formula is C25H52FN3. The van der Waals surface area contributed by atoms with Crippen LogP contribution in [0, 0.1) is 10.8 Å². The number of hydrogen-bond donors (Lipinski definition) is 1. The van der Waals surface area contributed by atoms with E-state index in [0.29, 0.717) is 12.8 Å². The lowest BCUT2D eigenvalue weighted by Gasteiger charge is -2.53. The van der Waals surface area contributed by atoms with E-state index in [1.165, 1.54) is 0 Å². The normalized spacial score (nSPS) is 19.8. The molecule has 174 valence electrons. The van der Waals surface area contributed by atoms with E-state index in [-0.39, 0.29) is 21.9 Å². The highest BCUT2D eigenvalue weighted by molar-refractivity contribution is 5.03. The van der Waals surface area contributed by atoms with Crippen LogP contribution in [0.5, 0.6) is 0 Å². The smallest absolute Gasteiger partial charge is 0.118 e. The number of halogens is 1. The number of nitrogens with one attached hydrogen (secondary N) is 1. The second kappa shape index (κ2) is 9.53. The summed E-state index contributed by atoms with van der Waals surface area (Å²) in [7, 11) is 2.00. The molecule has 3 nitrogen and oxygen atoms in total. The van der Waals surface area contributed by atoms with E-state index in [0.717, 1.165) is 45.6 Å². The van der Waals surface area contributed by atoms with Gasteiger partial charge in [0.15, 0.2) is 0 Å². The Kier molecular flexibility index (Phi) is 8.82. The molecule has 0 saturated carbocycles. The van der Waals surface area contributed by atoms with Crippen LogP contribution >= 0.6 is 0 Å². The Morgan fingerprint density at radius 1 is 0.931 bits per heavy atom. The number of piperidine rings is 1. The zero-order valence-electron chi connectivity index (χ0n) is 21.6. The average molecular weight is 414 g/mol. The van der Waals surface area contributed by atoms with Crippen LogP contribution in [-0.4, -0.2) is 66.3 Å². The maximum atomic E-state index is 16.3. The molecule has 1 aliphatic heterocycles. The van der Waals surface area contributed by atoms with E-state index in [4.69, 9.17) is 0 Å². The minimum absolute atomic E-state index is 0.0170. The third-order valence-corrected chi connectivity index (χ3v) is 7.33. The van der Waals surface area contributed by atoms with E-state index >= 15 is 4.39 Å². The highest BCUT2D eigenvalue weighted by Crippen LogP contribution is 2.49. The Bertz CT molecular complexity index is 497. The molecule has 4 heteroatoms. The van der Waals surface area contributed by atoms with Crippen molar-refractivity contribution >= 4 is 0 Å². The Morgan fingerprint density at radius 3 is 1.86 bits per heavy atom. The van der Waals surface area contributed by atoms with Crippen LogP contribution < -0.4 is 5.32 Å². The molecule has 0 unspecified atom stereocenters. The Labute approximate surface area is 182 Å².